The summed E-state index contributed by atoms with van der Waals surface area (Å²) >= 11 is 5.90. The van der Waals surface area contributed by atoms with Crippen molar-refractivity contribution >= 4 is 35.3 Å². The summed E-state index contributed by atoms with van der Waals surface area (Å²) in [5.74, 6) is 0.626. The van der Waals surface area contributed by atoms with Crippen molar-refractivity contribution in [3.63, 3.8) is 0 Å². The lowest BCUT2D eigenvalue weighted by Crippen LogP contribution is -2.30. The molecule has 1 aliphatic heterocycles. The lowest BCUT2D eigenvalue weighted by atomic mass is 10.1. The molecule has 0 aromatic heterocycles. The Hall–Kier alpha value is -3.84. The van der Waals surface area contributed by atoms with Crippen molar-refractivity contribution in [2.75, 3.05) is 18.1 Å². The highest BCUT2D eigenvalue weighted by Crippen LogP contribution is 2.27. The number of ether oxygens (including phenoxy) is 2. The van der Waals surface area contributed by atoms with E-state index in [4.69, 9.17) is 21.1 Å². The topological polar surface area (TPSA) is 80.2 Å². The van der Waals surface area contributed by atoms with E-state index in [9.17, 15) is 9.59 Å². The molecular weight excluding hydrogens is 466 g/mol. The third kappa shape index (κ3) is 6.61. The van der Waals surface area contributed by atoms with E-state index in [0.29, 0.717) is 24.8 Å². The number of benzene rings is 3. The van der Waals surface area contributed by atoms with Gasteiger partial charge in [-0.25, -0.2) is 5.43 Å². The van der Waals surface area contributed by atoms with Crippen molar-refractivity contribution < 1.29 is 19.1 Å². The Balaban J connectivity index is 1.25. The van der Waals surface area contributed by atoms with Crippen molar-refractivity contribution in [1.82, 2.24) is 5.43 Å². The third-order valence-corrected chi connectivity index (χ3v) is 5.79. The van der Waals surface area contributed by atoms with E-state index in [1.165, 1.54) is 0 Å². The van der Waals surface area contributed by atoms with E-state index in [-0.39, 0.29) is 18.2 Å². The number of nitrogens with one attached hydrogen (secondary N) is 1. The number of carbonyl (C=O) groups excluding carboxylic acids is 2. The largest absolute Gasteiger partial charge is 0.494 e. The minimum Gasteiger partial charge on any atom is -0.494 e. The zero-order chi connectivity index (χ0) is 24.6. The monoisotopic (exact) mass is 491 g/mol. The van der Waals surface area contributed by atoms with Gasteiger partial charge in [-0.3, -0.25) is 9.59 Å². The highest BCUT2D eigenvalue weighted by Gasteiger charge is 2.35. The summed E-state index contributed by atoms with van der Waals surface area (Å²) in [6.07, 6.45) is 1.70. The molecule has 0 saturated carbocycles. The van der Waals surface area contributed by atoms with Gasteiger partial charge in [-0.2, -0.15) is 5.10 Å². The van der Waals surface area contributed by atoms with E-state index in [0.717, 1.165) is 28.3 Å². The SMILES string of the molecule is CCOc1ccc(N2C[C@@H](C(=O)N/N=C\c3ccc(OCc4ccc(Cl)cc4)cc3)CC2=O)cc1. The standard InChI is InChI=1S/C27H26ClN3O4/c1-2-34-24-13-9-23(10-14-24)31-17-21(15-26(31)32)27(33)30-29-16-19-5-11-25(12-6-19)35-18-20-3-7-22(28)8-4-20/h3-14,16,21H,2,15,17-18H2,1H3,(H,30,33)/b29-16-/t21-/m0/s1. The Morgan fingerprint density at radius 1 is 1.03 bits per heavy atom. The zero-order valence-electron chi connectivity index (χ0n) is 19.3. The summed E-state index contributed by atoms with van der Waals surface area (Å²) in [5.41, 5.74) is 5.12. The van der Waals surface area contributed by atoms with Crippen LogP contribution in [-0.4, -0.2) is 31.2 Å². The van der Waals surface area contributed by atoms with Gasteiger partial charge in [0.05, 0.1) is 18.7 Å². The molecule has 1 fully saturated rings. The van der Waals surface area contributed by atoms with Crippen LogP contribution in [-0.2, 0) is 16.2 Å². The number of amides is 2. The highest BCUT2D eigenvalue weighted by molar-refractivity contribution is 6.30. The summed E-state index contributed by atoms with van der Waals surface area (Å²) in [7, 11) is 0. The van der Waals surface area contributed by atoms with E-state index in [1.807, 2.05) is 79.7 Å². The van der Waals surface area contributed by atoms with Crippen LogP contribution in [0.25, 0.3) is 0 Å². The van der Waals surface area contributed by atoms with Gasteiger partial charge in [0.1, 0.15) is 18.1 Å². The lowest BCUT2D eigenvalue weighted by molar-refractivity contribution is -0.126. The number of hydrazone groups is 1. The Kier molecular flexibility index (Phi) is 8.00. The van der Waals surface area contributed by atoms with Gasteiger partial charge >= 0.3 is 0 Å². The summed E-state index contributed by atoms with van der Waals surface area (Å²) in [4.78, 5) is 26.6. The van der Waals surface area contributed by atoms with Crippen molar-refractivity contribution in [3.8, 4) is 11.5 Å². The van der Waals surface area contributed by atoms with Gasteiger partial charge in [-0.05, 0) is 78.7 Å². The second-order valence-electron chi connectivity index (χ2n) is 8.05. The number of halogens is 1. The predicted octanol–water partition coefficient (Wildman–Crippen LogP) is 4.82. The molecule has 1 aliphatic rings. The molecule has 180 valence electrons. The molecule has 1 atom stereocenters. The Morgan fingerprint density at radius 3 is 2.37 bits per heavy atom. The van der Waals surface area contributed by atoms with Crippen molar-refractivity contribution in [1.29, 1.82) is 0 Å². The molecule has 0 bridgehead atoms. The van der Waals surface area contributed by atoms with Crippen LogP contribution in [0.1, 0.15) is 24.5 Å². The first-order valence-corrected chi connectivity index (χ1v) is 11.7. The van der Waals surface area contributed by atoms with Crippen LogP contribution in [0, 0.1) is 5.92 Å². The maximum atomic E-state index is 12.5. The summed E-state index contributed by atoms with van der Waals surface area (Å²) in [6, 6.07) is 22.1. The quantitative estimate of drug-likeness (QED) is 0.344. The van der Waals surface area contributed by atoms with Crippen LogP contribution in [0.4, 0.5) is 5.69 Å². The molecule has 2 amide bonds. The van der Waals surface area contributed by atoms with E-state index in [2.05, 4.69) is 10.5 Å². The first-order chi connectivity index (χ1) is 17.0. The van der Waals surface area contributed by atoms with E-state index in [1.54, 1.807) is 11.1 Å². The van der Waals surface area contributed by atoms with E-state index < -0.39 is 5.92 Å². The predicted molar refractivity (Wildman–Crippen MR) is 136 cm³/mol. The number of rotatable bonds is 9. The van der Waals surface area contributed by atoms with Gasteiger partial charge in [0.25, 0.3) is 0 Å². The van der Waals surface area contributed by atoms with E-state index >= 15 is 0 Å². The second kappa shape index (κ2) is 11.5. The van der Waals surface area contributed by atoms with Crippen LogP contribution in [0.3, 0.4) is 0 Å². The first kappa shape index (κ1) is 24.3. The third-order valence-electron chi connectivity index (χ3n) is 5.54. The Morgan fingerprint density at radius 2 is 1.69 bits per heavy atom. The fraction of sp³-hybridized carbons (Fsp3) is 0.222. The average molecular weight is 492 g/mol. The maximum absolute atomic E-state index is 12.5. The molecule has 35 heavy (non-hydrogen) atoms. The minimum absolute atomic E-state index is 0.0903. The molecule has 1 N–H and O–H groups in total. The first-order valence-electron chi connectivity index (χ1n) is 11.4. The van der Waals surface area contributed by atoms with Gasteiger partial charge in [0.15, 0.2) is 0 Å². The van der Waals surface area contributed by atoms with Gasteiger partial charge in [-0.1, -0.05) is 23.7 Å². The lowest BCUT2D eigenvalue weighted by Gasteiger charge is -2.17. The minimum atomic E-state index is -0.463. The molecule has 8 heteroatoms. The molecule has 0 radical (unpaired) electrons. The summed E-state index contributed by atoms with van der Waals surface area (Å²) in [6.45, 7) is 3.24. The van der Waals surface area contributed by atoms with Gasteiger partial charge < -0.3 is 14.4 Å². The van der Waals surface area contributed by atoms with Crippen molar-refractivity contribution in [3.05, 3.63) is 88.9 Å². The van der Waals surface area contributed by atoms with Crippen LogP contribution >= 0.6 is 11.6 Å². The van der Waals surface area contributed by atoms with Gasteiger partial charge in [0, 0.05) is 23.7 Å². The molecule has 3 aromatic carbocycles. The summed E-state index contributed by atoms with van der Waals surface area (Å²) < 4.78 is 11.2. The molecule has 1 heterocycles. The molecule has 7 nitrogen and oxygen atoms in total. The molecule has 3 aromatic rings. The molecule has 0 unspecified atom stereocenters. The molecule has 4 rings (SSSR count). The maximum Gasteiger partial charge on any atom is 0.245 e. The molecular formula is C27H26ClN3O4. The number of hydrogen-bond donors (Lipinski definition) is 1. The molecule has 0 aliphatic carbocycles. The Bertz CT molecular complexity index is 1180. The van der Waals surface area contributed by atoms with Crippen LogP contribution in [0.15, 0.2) is 77.9 Å². The van der Waals surface area contributed by atoms with Crippen LogP contribution in [0.5, 0.6) is 11.5 Å². The fourth-order valence-electron chi connectivity index (χ4n) is 3.68. The fourth-order valence-corrected chi connectivity index (χ4v) is 3.81. The molecule has 0 spiro atoms. The van der Waals surface area contributed by atoms with Gasteiger partial charge in [-0.15, -0.1) is 0 Å². The van der Waals surface area contributed by atoms with Crippen LogP contribution in [0.2, 0.25) is 5.02 Å². The normalized spacial score (nSPS) is 15.4. The number of hydrogen-bond acceptors (Lipinski definition) is 5. The number of anilines is 1. The zero-order valence-corrected chi connectivity index (χ0v) is 20.1. The molecule has 1 saturated heterocycles. The highest BCUT2D eigenvalue weighted by atomic mass is 35.5. The number of carbonyl (C=O) groups is 2. The average Bonchev–Trinajstić information content (AvgIpc) is 3.27. The summed E-state index contributed by atoms with van der Waals surface area (Å²) in [5, 5.41) is 4.74. The van der Waals surface area contributed by atoms with Gasteiger partial charge in [0.2, 0.25) is 11.8 Å². The second-order valence-corrected chi connectivity index (χ2v) is 8.49. The van der Waals surface area contributed by atoms with Crippen molar-refractivity contribution in [2.45, 2.75) is 20.0 Å². The smallest absolute Gasteiger partial charge is 0.245 e. The van der Waals surface area contributed by atoms with Crippen LogP contribution < -0.4 is 19.8 Å². The Labute approximate surface area is 209 Å². The van der Waals surface area contributed by atoms with Crippen molar-refractivity contribution in [2.24, 2.45) is 11.0 Å². The number of nitrogens with zero attached hydrogens (tertiary/aromatic N) is 2.